The van der Waals surface area contributed by atoms with Crippen LogP contribution < -0.4 is 11.3 Å². The number of hydrogen-bond donors (Lipinski definition) is 5. The van der Waals surface area contributed by atoms with E-state index in [1.807, 2.05) is 0 Å². The van der Waals surface area contributed by atoms with Gasteiger partial charge >= 0.3 is 0 Å². The molecule has 0 radical (unpaired) electrons. The first-order valence-electron chi connectivity index (χ1n) is 5.02. The Hall–Kier alpha value is -2.10. The lowest BCUT2D eigenvalue weighted by atomic mass is 10.1. The fourth-order valence-corrected chi connectivity index (χ4v) is 1.39. The standard InChI is InChI=1S/C9H11N5O4/c10-9-13-7-5(8(18)14-9)12-3(1-11-7)6(17)4(16)2-15/h1,4,6,15-17H,2H2,(H3,10,11,13,14,18)/t4-,6+/m1/s1. The highest BCUT2D eigenvalue weighted by Gasteiger charge is 2.20. The van der Waals surface area contributed by atoms with Crippen molar-refractivity contribution in [2.75, 3.05) is 12.3 Å². The van der Waals surface area contributed by atoms with Crippen LogP contribution in [0.1, 0.15) is 11.8 Å². The summed E-state index contributed by atoms with van der Waals surface area (Å²) in [6.45, 7) is -0.642. The molecule has 0 aromatic carbocycles. The van der Waals surface area contributed by atoms with E-state index in [-0.39, 0.29) is 22.8 Å². The molecular formula is C9H11N5O4. The maximum Gasteiger partial charge on any atom is 0.280 e. The molecule has 0 fully saturated rings. The number of nitrogen functional groups attached to an aromatic ring is 1. The zero-order valence-electron chi connectivity index (χ0n) is 9.11. The number of aliphatic hydroxyl groups is 3. The Morgan fingerprint density at radius 2 is 2.11 bits per heavy atom. The van der Waals surface area contributed by atoms with Gasteiger partial charge in [0.25, 0.3) is 5.56 Å². The first-order chi connectivity index (χ1) is 8.52. The monoisotopic (exact) mass is 253 g/mol. The second kappa shape index (κ2) is 4.64. The quantitative estimate of drug-likeness (QED) is 0.407. The van der Waals surface area contributed by atoms with Crippen molar-refractivity contribution in [1.29, 1.82) is 0 Å². The SMILES string of the molecule is Nc1nc2ncc([C@H](O)[C@H](O)CO)nc2c(=O)[nH]1. The Balaban J connectivity index is 2.54. The predicted molar refractivity (Wildman–Crippen MR) is 60.4 cm³/mol. The Morgan fingerprint density at radius 1 is 1.39 bits per heavy atom. The summed E-state index contributed by atoms with van der Waals surface area (Å²) in [5.74, 6) is -0.0921. The van der Waals surface area contributed by atoms with Crippen LogP contribution in [0.5, 0.6) is 0 Å². The van der Waals surface area contributed by atoms with Gasteiger partial charge in [0.1, 0.15) is 12.2 Å². The van der Waals surface area contributed by atoms with Gasteiger partial charge in [0.2, 0.25) is 5.95 Å². The van der Waals surface area contributed by atoms with Crippen LogP contribution in [-0.2, 0) is 0 Å². The van der Waals surface area contributed by atoms with Gasteiger partial charge in [0.05, 0.1) is 18.5 Å². The van der Waals surface area contributed by atoms with Crippen molar-refractivity contribution in [3.8, 4) is 0 Å². The summed E-state index contributed by atoms with van der Waals surface area (Å²) >= 11 is 0. The van der Waals surface area contributed by atoms with Crippen LogP contribution in [0.25, 0.3) is 11.2 Å². The molecule has 0 spiro atoms. The molecule has 9 nitrogen and oxygen atoms in total. The van der Waals surface area contributed by atoms with Crippen LogP contribution >= 0.6 is 0 Å². The van der Waals surface area contributed by atoms with Crippen LogP contribution in [-0.4, -0.2) is 48.0 Å². The molecule has 0 bridgehead atoms. The molecule has 9 heteroatoms. The number of aromatic amines is 1. The topological polar surface area (TPSA) is 158 Å². The van der Waals surface area contributed by atoms with Gasteiger partial charge in [-0.25, -0.2) is 9.97 Å². The number of nitrogens with zero attached hydrogens (tertiary/aromatic N) is 3. The molecule has 2 aromatic heterocycles. The van der Waals surface area contributed by atoms with Crippen LogP contribution in [0.15, 0.2) is 11.0 Å². The van der Waals surface area contributed by atoms with Gasteiger partial charge in [0.15, 0.2) is 11.2 Å². The number of aromatic nitrogens is 4. The van der Waals surface area contributed by atoms with Gasteiger partial charge in [-0.3, -0.25) is 9.78 Å². The van der Waals surface area contributed by atoms with Crippen molar-refractivity contribution in [2.24, 2.45) is 0 Å². The number of hydrogen-bond acceptors (Lipinski definition) is 8. The smallest absolute Gasteiger partial charge is 0.280 e. The van der Waals surface area contributed by atoms with E-state index in [0.29, 0.717) is 0 Å². The number of nitrogens with one attached hydrogen (secondary N) is 1. The molecule has 96 valence electrons. The molecule has 0 aliphatic heterocycles. The highest BCUT2D eigenvalue weighted by atomic mass is 16.4. The highest BCUT2D eigenvalue weighted by Crippen LogP contribution is 2.14. The maximum absolute atomic E-state index is 11.5. The number of aliphatic hydroxyl groups excluding tert-OH is 3. The predicted octanol–water partition coefficient (Wildman–Crippen LogP) is -2.32. The Morgan fingerprint density at radius 3 is 2.78 bits per heavy atom. The maximum atomic E-state index is 11.5. The van der Waals surface area contributed by atoms with E-state index in [4.69, 9.17) is 10.8 Å². The van der Waals surface area contributed by atoms with Crippen LogP contribution in [0.2, 0.25) is 0 Å². The summed E-state index contributed by atoms with van der Waals surface area (Å²) < 4.78 is 0. The normalized spacial score (nSPS) is 14.6. The third-order valence-electron chi connectivity index (χ3n) is 2.31. The Labute approximate surface area is 100.0 Å². The number of anilines is 1. The fourth-order valence-electron chi connectivity index (χ4n) is 1.39. The van der Waals surface area contributed by atoms with Crippen molar-refractivity contribution < 1.29 is 15.3 Å². The Bertz CT molecular complexity index is 628. The Kier molecular flexibility index (Phi) is 3.19. The summed E-state index contributed by atoms with van der Waals surface area (Å²) in [6.07, 6.45) is -1.70. The van der Waals surface area contributed by atoms with Gasteiger partial charge in [-0.15, -0.1) is 0 Å². The van der Waals surface area contributed by atoms with Crippen LogP contribution in [0.3, 0.4) is 0 Å². The van der Waals surface area contributed by atoms with Gasteiger partial charge in [-0.05, 0) is 0 Å². The molecule has 2 atom stereocenters. The van der Waals surface area contributed by atoms with Crippen molar-refractivity contribution in [3.63, 3.8) is 0 Å². The molecule has 0 amide bonds. The summed E-state index contributed by atoms with van der Waals surface area (Å²) in [5.41, 5.74) is 4.62. The summed E-state index contributed by atoms with van der Waals surface area (Å²) in [6, 6.07) is 0. The van der Waals surface area contributed by atoms with Gasteiger partial charge in [-0.1, -0.05) is 0 Å². The van der Waals surface area contributed by atoms with E-state index in [0.717, 1.165) is 6.20 Å². The van der Waals surface area contributed by atoms with E-state index >= 15 is 0 Å². The van der Waals surface area contributed by atoms with Crippen molar-refractivity contribution in [2.45, 2.75) is 12.2 Å². The molecule has 18 heavy (non-hydrogen) atoms. The molecule has 0 aliphatic carbocycles. The molecule has 2 rings (SSSR count). The number of H-pyrrole nitrogens is 1. The number of fused-ring (bicyclic) bond motifs is 1. The minimum Gasteiger partial charge on any atom is -0.394 e. The molecular weight excluding hydrogens is 242 g/mol. The third-order valence-corrected chi connectivity index (χ3v) is 2.31. The third kappa shape index (κ3) is 2.14. The van der Waals surface area contributed by atoms with Crippen molar-refractivity contribution >= 4 is 17.1 Å². The lowest BCUT2D eigenvalue weighted by molar-refractivity contribution is -0.0173. The molecule has 2 aromatic rings. The second-order valence-electron chi connectivity index (χ2n) is 3.61. The van der Waals surface area contributed by atoms with Gasteiger partial charge < -0.3 is 21.1 Å². The average Bonchev–Trinajstić information content (AvgIpc) is 2.36. The average molecular weight is 253 g/mol. The minimum absolute atomic E-state index is 0.0330. The molecule has 0 unspecified atom stereocenters. The summed E-state index contributed by atoms with van der Waals surface area (Å²) in [5, 5.41) is 27.6. The van der Waals surface area contributed by atoms with Gasteiger partial charge in [-0.2, -0.15) is 4.98 Å². The van der Waals surface area contributed by atoms with Crippen LogP contribution in [0, 0.1) is 0 Å². The lowest BCUT2D eigenvalue weighted by Crippen LogP contribution is -2.24. The van der Waals surface area contributed by atoms with Gasteiger partial charge in [0, 0.05) is 0 Å². The largest absolute Gasteiger partial charge is 0.394 e. The number of nitrogens with two attached hydrogens (primary N) is 1. The van der Waals surface area contributed by atoms with E-state index in [2.05, 4.69) is 19.9 Å². The molecule has 0 aliphatic rings. The first kappa shape index (κ1) is 12.4. The lowest BCUT2D eigenvalue weighted by Gasteiger charge is -2.14. The van der Waals surface area contributed by atoms with Crippen LogP contribution in [0.4, 0.5) is 5.95 Å². The molecule has 2 heterocycles. The highest BCUT2D eigenvalue weighted by molar-refractivity contribution is 5.69. The minimum atomic E-state index is -1.44. The fraction of sp³-hybridized carbons (Fsp3) is 0.333. The molecule has 0 saturated heterocycles. The summed E-state index contributed by atoms with van der Waals surface area (Å²) in [7, 11) is 0. The summed E-state index contributed by atoms with van der Waals surface area (Å²) in [4.78, 5) is 25.2. The van der Waals surface area contributed by atoms with E-state index in [9.17, 15) is 15.0 Å². The molecule has 0 saturated carbocycles. The van der Waals surface area contributed by atoms with E-state index < -0.39 is 24.4 Å². The van der Waals surface area contributed by atoms with E-state index in [1.165, 1.54) is 0 Å². The first-order valence-corrected chi connectivity index (χ1v) is 5.02. The second-order valence-corrected chi connectivity index (χ2v) is 3.61. The molecule has 6 N–H and O–H groups in total. The van der Waals surface area contributed by atoms with E-state index in [1.54, 1.807) is 0 Å². The van der Waals surface area contributed by atoms with Crippen molar-refractivity contribution in [3.05, 3.63) is 22.2 Å². The van der Waals surface area contributed by atoms with Crippen molar-refractivity contribution in [1.82, 2.24) is 19.9 Å². The zero-order valence-corrected chi connectivity index (χ0v) is 9.11. The zero-order chi connectivity index (χ0) is 13.3. The number of rotatable bonds is 3.